The summed E-state index contributed by atoms with van der Waals surface area (Å²) in [7, 11) is 2.19. The molecule has 0 amide bonds. The number of hydrogen-bond donors (Lipinski definition) is 0. The average Bonchev–Trinajstić information content (AvgIpc) is 1.99. The first-order chi connectivity index (χ1) is 6.60. The second-order valence-electron chi connectivity index (χ2n) is 6.91. The van der Waals surface area contributed by atoms with Gasteiger partial charge in [0.05, 0.1) is 12.2 Å². The first kappa shape index (κ1) is 13.0. The van der Waals surface area contributed by atoms with E-state index in [9.17, 15) is 0 Å². The van der Waals surface area contributed by atoms with E-state index in [0.29, 0.717) is 0 Å². The van der Waals surface area contributed by atoms with E-state index in [0.717, 1.165) is 19.7 Å². The topological polar surface area (TPSA) is 12.5 Å². The van der Waals surface area contributed by atoms with Gasteiger partial charge in [-0.3, -0.25) is 0 Å². The van der Waals surface area contributed by atoms with Crippen molar-refractivity contribution in [2.24, 2.45) is 10.8 Å². The number of nitrogens with zero attached hydrogens (tertiary/aromatic N) is 1. The van der Waals surface area contributed by atoms with Crippen molar-refractivity contribution < 1.29 is 4.74 Å². The molecule has 1 rings (SSSR count). The van der Waals surface area contributed by atoms with Crippen LogP contribution in [0.4, 0.5) is 0 Å². The summed E-state index contributed by atoms with van der Waals surface area (Å²) in [5, 5.41) is 0. The summed E-state index contributed by atoms with van der Waals surface area (Å²) in [5.74, 6) is 0. The Balaban J connectivity index is 3.07. The monoisotopic (exact) mass is 213 g/mol. The van der Waals surface area contributed by atoms with Crippen molar-refractivity contribution >= 4 is 0 Å². The molecule has 0 spiro atoms. The Kier molecular flexibility index (Phi) is 3.24. The largest absolute Gasteiger partial charge is 0.371 e. The first-order valence-electron chi connectivity index (χ1n) is 5.93. The lowest BCUT2D eigenvalue weighted by molar-refractivity contribution is -0.215. The number of hydrogen-bond acceptors (Lipinski definition) is 2. The van der Waals surface area contributed by atoms with E-state index < -0.39 is 0 Å². The van der Waals surface area contributed by atoms with Crippen molar-refractivity contribution in [3.8, 4) is 0 Å². The van der Waals surface area contributed by atoms with Crippen molar-refractivity contribution in [3.63, 3.8) is 0 Å². The van der Waals surface area contributed by atoms with Gasteiger partial charge in [-0.1, -0.05) is 41.5 Å². The van der Waals surface area contributed by atoms with Crippen LogP contribution in [-0.2, 0) is 4.74 Å². The SMILES string of the molecule is CN1CCOC(C(C)(C)C)(C(C)(C)C)C1. The highest BCUT2D eigenvalue weighted by atomic mass is 16.5. The zero-order chi connectivity index (χ0) is 11.9. The van der Waals surface area contributed by atoms with Crippen LogP contribution in [0.5, 0.6) is 0 Å². The van der Waals surface area contributed by atoms with E-state index in [1.54, 1.807) is 0 Å². The normalized spacial score (nSPS) is 24.2. The van der Waals surface area contributed by atoms with Crippen LogP contribution in [-0.4, -0.2) is 37.2 Å². The van der Waals surface area contributed by atoms with E-state index in [1.165, 1.54) is 0 Å². The lowest BCUT2D eigenvalue weighted by atomic mass is 9.61. The molecule has 1 aliphatic rings. The van der Waals surface area contributed by atoms with Gasteiger partial charge in [0.2, 0.25) is 0 Å². The van der Waals surface area contributed by atoms with Gasteiger partial charge in [0.25, 0.3) is 0 Å². The summed E-state index contributed by atoms with van der Waals surface area (Å²) in [6.07, 6.45) is 0. The summed E-state index contributed by atoms with van der Waals surface area (Å²) in [6, 6.07) is 0. The number of rotatable bonds is 0. The van der Waals surface area contributed by atoms with Gasteiger partial charge >= 0.3 is 0 Å². The maximum atomic E-state index is 6.22. The molecule has 0 aliphatic carbocycles. The Labute approximate surface area is 95.0 Å². The minimum atomic E-state index is -0.0486. The van der Waals surface area contributed by atoms with E-state index in [2.05, 4.69) is 53.5 Å². The fourth-order valence-electron chi connectivity index (χ4n) is 2.91. The number of ether oxygens (including phenoxy) is 1. The average molecular weight is 213 g/mol. The van der Waals surface area contributed by atoms with Gasteiger partial charge in [0.15, 0.2) is 0 Å². The predicted octanol–water partition coefficient (Wildman–Crippen LogP) is 2.78. The lowest BCUT2D eigenvalue weighted by Crippen LogP contribution is -2.64. The molecule has 1 heterocycles. The van der Waals surface area contributed by atoms with Gasteiger partial charge in [-0.15, -0.1) is 0 Å². The molecule has 1 saturated heterocycles. The molecular weight excluding hydrogens is 186 g/mol. The van der Waals surface area contributed by atoms with Gasteiger partial charge in [0.1, 0.15) is 0 Å². The molecule has 2 heteroatoms. The van der Waals surface area contributed by atoms with Crippen LogP contribution in [0.2, 0.25) is 0 Å². The Morgan fingerprint density at radius 1 is 1.00 bits per heavy atom. The zero-order valence-corrected chi connectivity index (χ0v) is 11.5. The van der Waals surface area contributed by atoms with Crippen LogP contribution in [0.15, 0.2) is 0 Å². The fourth-order valence-corrected chi connectivity index (χ4v) is 2.91. The summed E-state index contributed by atoms with van der Waals surface area (Å²) in [5.41, 5.74) is 0.285. The smallest absolute Gasteiger partial charge is 0.0905 e. The Morgan fingerprint density at radius 2 is 1.47 bits per heavy atom. The third kappa shape index (κ3) is 2.21. The maximum Gasteiger partial charge on any atom is 0.0905 e. The highest BCUT2D eigenvalue weighted by molar-refractivity contribution is 5.04. The third-order valence-electron chi connectivity index (χ3n) is 3.74. The summed E-state index contributed by atoms with van der Waals surface area (Å²) in [6.45, 7) is 16.7. The molecular formula is C13H27NO. The quantitative estimate of drug-likeness (QED) is 0.613. The van der Waals surface area contributed by atoms with E-state index >= 15 is 0 Å². The van der Waals surface area contributed by atoms with E-state index in [1.807, 2.05) is 0 Å². The molecule has 0 bridgehead atoms. The summed E-state index contributed by atoms with van der Waals surface area (Å²) >= 11 is 0. The third-order valence-corrected chi connectivity index (χ3v) is 3.74. The molecule has 1 fully saturated rings. The highest BCUT2D eigenvalue weighted by Gasteiger charge is 2.53. The molecule has 15 heavy (non-hydrogen) atoms. The Morgan fingerprint density at radius 3 is 1.73 bits per heavy atom. The van der Waals surface area contributed by atoms with Crippen LogP contribution >= 0.6 is 0 Å². The van der Waals surface area contributed by atoms with Crippen molar-refractivity contribution in [1.82, 2.24) is 4.90 Å². The second-order valence-corrected chi connectivity index (χ2v) is 6.91. The van der Waals surface area contributed by atoms with Crippen LogP contribution in [0.3, 0.4) is 0 Å². The molecule has 0 N–H and O–H groups in total. The van der Waals surface area contributed by atoms with Gasteiger partial charge < -0.3 is 9.64 Å². The zero-order valence-electron chi connectivity index (χ0n) is 11.5. The fraction of sp³-hybridized carbons (Fsp3) is 1.00. The number of likely N-dealkylation sites (N-methyl/N-ethyl adjacent to an activating group) is 1. The highest BCUT2D eigenvalue weighted by Crippen LogP contribution is 2.48. The summed E-state index contributed by atoms with van der Waals surface area (Å²) < 4.78 is 6.22. The molecule has 0 atom stereocenters. The van der Waals surface area contributed by atoms with E-state index in [-0.39, 0.29) is 16.4 Å². The van der Waals surface area contributed by atoms with Crippen LogP contribution in [0.25, 0.3) is 0 Å². The van der Waals surface area contributed by atoms with E-state index in [4.69, 9.17) is 4.74 Å². The molecule has 0 radical (unpaired) electrons. The second kappa shape index (κ2) is 3.74. The van der Waals surface area contributed by atoms with Gasteiger partial charge in [-0.2, -0.15) is 0 Å². The van der Waals surface area contributed by atoms with Gasteiger partial charge in [-0.25, -0.2) is 0 Å². The van der Waals surface area contributed by atoms with Crippen LogP contribution in [0.1, 0.15) is 41.5 Å². The Hall–Kier alpha value is -0.0800. The number of morpholine rings is 1. The molecule has 0 aromatic rings. The van der Waals surface area contributed by atoms with Crippen molar-refractivity contribution in [2.45, 2.75) is 47.1 Å². The molecule has 0 unspecified atom stereocenters. The lowest BCUT2D eigenvalue weighted by Gasteiger charge is -2.56. The Bertz CT molecular complexity index is 208. The van der Waals surface area contributed by atoms with Crippen molar-refractivity contribution in [2.75, 3.05) is 26.7 Å². The molecule has 1 aliphatic heterocycles. The standard InChI is InChI=1S/C13H27NO/c1-11(2,3)13(12(4,5)6)10-14(7)8-9-15-13/h8-10H2,1-7H3. The van der Waals surface area contributed by atoms with Crippen LogP contribution < -0.4 is 0 Å². The molecule has 0 saturated carbocycles. The minimum absolute atomic E-state index is 0.0486. The van der Waals surface area contributed by atoms with Crippen LogP contribution in [0, 0.1) is 10.8 Å². The van der Waals surface area contributed by atoms with Crippen molar-refractivity contribution in [3.05, 3.63) is 0 Å². The summed E-state index contributed by atoms with van der Waals surface area (Å²) in [4.78, 5) is 2.39. The first-order valence-corrected chi connectivity index (χ1v) is 5.93. The minimum Gasteiger partial charge on any atom is -0.371 e. The molecule has 90 valence electrons. The molecule has 0 aromatic heterocycles. The maximum absolute atomic E-state index is 6.22. The van der Waals surface area contributed by atoms with Gasteiger partial charge in [0, 0.05) is 13.1 Å². The van der Waals surface area contributed by atoms with Gasteiger partial charge in [-0.05, 0) is 17.9 Å². The molecule has 2 nitrogen and oxygen atoms in total. The predicted molar refractivity (Wildman–Crippen MR) is 65.1 cm³/mol. The molecule has 0 aromatic carbocycles. The van der Waals surface area contributed by atoms with Crippen molar-refractivity contribution in [1.29, 1.82) is 0 Å².